The molecule has 0 atom stereocenters. The van der Waals surface area contributed by atoms with Gasteiger partial charge in [0.05, 0.1) is 12.0 Å². The molecule has 2 aromatic rings. The summed E-state index contributed by atoms with van der Waals surface area (Å²) in [5.41, 5.74) is 2.63. The average molecular weight is 235 g/mol. The van der Waals surface area contributed by atoms with Crippen LogP contribution in [-0.4, -0.2) is 16.3 Å². The molecular formula is C12H11ClN2O. The van der Waals surface area contributed by atoms with Crippen molar-refractivity contribution < 1.29 is 4.79 Å². The lowest BCUT2D eigenvalue weighted by atomic mass is 10.1. The molecule has 0 saturated carbocycles. The van der Waals surface area contributed by atoms with Crippen molar-refractivity contribution in [2.45, 2.75) is 12.8 Å². The van der Waals surface area contributed by atoms with Crippen LogP contribution in [0.3, 0.4) is 0 Å². The molecule has 0 amide bonds. The number of hydrogen-bond donors (Lipinski definition) is 1. The molecule has 0 aliphatic heterocycles. The molecule has 4 heteroatoms. The van der Waals surface area contributed by atoms with E-state index in [2.05, 4.69) is 9.97 Å². The summed E-state index contributed by atoms with van der Waals surface area (Å²) in [7, 11) is 0. The lowest BCUT2D eigenvalue weighted by Crippen LogP contribution is -1.94. The summed E-state index contributed by atoms with van der Waals surface area (Å²) in [4.78, 5) is 17.7. The number of aryl methyl sites for hydroxylation is 2. The van der Waals surface area contributed by atoms with Crippen LogP contribution >= 0.6 is 11.6 Å². The average Bonchev–Trinajstić information content (AvgIpc) is 2.81. The van der Waals surface area contributed by atoms with Crippen molar-refractivity contribution in [3.8, 4) is 0 Å². The zero-order valence-electron chi connectivity index (χ0n) is 8.61. The van der Waals surface area contributed by atoms with Crippen LogP contribution in [0.2, 0.25) is 5.02 Å². The van der Waals surface area contributed by atoms with Crippen LogP contribution in [-0.2, 0) is 12.8 Å². The third-order valence-corrected chi connectivity index (χ3v) is 2.78. The number of carbonyl (C=O) groups excluding carboxylic acids is 1. The van der Waals surface area contributed by atoms with E-state index >= 15 is 0 Å². The molecule has 0 unspecified atom stereocenters. The Morgan fingerprint density at radius 1 is 1.38 bits per heavy atom. The molecule has 1 heterocycles. The van der Waals surface area contributed by atoms with Gasteiger partial charge in [0.2, 0.25) is 0 Å². The van der Waals surface area contributed by atoms with Crippen LogP contribution in [0.15, 0.2) is 30.7 Å². The van der Waals surface area contributed by atoms with Crippen LogP contribution in [0.4, 0.5) is 0 Å². The van der Waals surface area contributed by atoms with Gasteiger partial charge in [-0.3, -0.25) is 4.79 Å². The molecule has 0 aliphatic carbocycles. The van der Waals surface area contributed by atoms with Crippen molar-refractivity contribution in [3.05, 3.63) is 52.6 Å². The van der Waals surface area contributed by atoms with Gasteiger partial charge in [-0.25, -0.2) is 4.98 Å². The first-order valence-electron chi connectivity index (χ1n) is 5.01. The van der Waals surface area contributed by atoms with Gasteiger partial charge in [-0.15, -0.1) is 0 Å². The molecule has 0 spiro atoms. The molecule has 1 aromatic heterocycles. The van der Waals surface area contributed by atoms with Gasteiger partial charge < -0.3 is 4.98 Å². The third-order valence-electron chi connectivity index (χ3n) is 2.41. The fraction of sp³-hybridized carbons (Fsp3) is 0.167. The van der Waals surface area contributed by atoms with Crippen molar-refractivity contribution >= 4 is 17.9 Å². The van der Waals surface area contributed by atoms with E-state index in [4.69, 9.17) is 11.6 Å². The maximum absolute atomic E-state index is 10.6. The lowest BCUT2D eigenvalue weighted by Gasteiger charge is -2.03. The van der Waals surface area contributed by atoms with Crippen LogP contribution < -0.4 is 0 Å². The van der Waals surface area contributed by atoms with Crippen molar-refractivity contribution in [2.24, 2.45) is 0 Å². The number of aldehydes is 1. The van der Waals surface area contributed by atoms with Crippen LogP contribution in [0.1, 0.15) is 21.6 Å². The number of nitrogens with one attached hydrogen (secondary N) is 1. The van der Waals surface area contributed by atoms with Gasteiger partial charge in [0, 0.05) is 16.8 Å². The number of H-pyrrole nitrogens is 1. The van der Waals surface area contributed by atoms with E-state index in [0.717, 1.165) is 30.4 Å². The molecule has 0 fully saturated rings. The number of rotatable bonds is 4. The van der Waals surface area contributed by atoms with Crippen molar-refractivity contribution in [2.75, 3.05) is 0 Å². The van der Waals surface area contributed by atoms with Crippen LogP contribution in [0, 0.1) is 0 Å². The SMILES string of the molecule is O=Cc1ccc(Cl)c(CCc2c[nH]cn2)c1. The summed E-state index contributed by atoms with van der Waals surface area (Å²) in [5.74, 6) is 0. The Kier molecular flexibility index (Phi) is 3.37. The Morgan fingerprint density at radius 2 is 2.25 bits per heavy atom. The highest BCUT2D eigenvalue weighted by Gasteiger charge is 2.03. The zero-order valence-corrected chi connectivity index (χ0v) is 9.37. The topological polar surface area (TPSA) is 45.8 Å². The Balaban J connectivity index is 2.11. The zero-order chi connectivity index (χ0) is 11.4. The monoisotopic (exact) mass is 234 g/mol. The third kappa shape index (κ3) is 2.49. The van der Waals surface area contributed by atoms with E-state index in [1.807, 2.05) is 12.3 Å². The Morgan fingerprint density at radius 3 is 2.94 bits per heavy atom. The smallest absolute Gasteiger partial charge is 0.150 e. The molecular weight excluding hydrogens is 224 g/mol. The maximum Gasteiger partial charge on any atom is 0.150 e. The summed E-state index contributed by atoms with van der Waals surface area (Å²) in [6, 6.07) is 5.29. The van der Waals surface area contributed by atoms with Gasteiger partial charge in [-0.05, 0) is 30.5 Å². The van der Waals surface area contributed by atoms with E-state index in [0.29, 0.717) is 10.6 Å². The van der Waals surface area contributed by atoms with Gasteiger partial charge in [0.1, 0.15) is 6.29 Å². The fourth-order valence-corrected chi connectivity index (χ4v) is 1.76. The fourth-order valence-electron chi connectivity index (χ4n) is 1.55. The van der Waals surface area contributed by atoms with Crippen LogP contribution in [0.5, 0.6) is 0 Å². The Labute approximate surface area is 98.5 Å². The first-order valence-corrected chi connectivity index (χ1v) is 5.38. The molecule has 0 radical (unpaired) electrons. The van der Waals surface area contributed by atoms with E-state index in [9.17, 15) is 4.79 Å². The molecule has 2 rings (SSSR count). The number of halogens is 1. The van der Waals surface area contributed by atoms with E-state index in [-0.39, 0.29) is 0 Å². The molecule has 0 aliphatic rings. The first kappa shape index (κ1) is 10.9. The van der Waals surface area contributed by atoms with E-state index < -0.39 is 0 Å². The predicted octanol–water partition coefficient (Wildman–Crippen LogP) is 2.66. The van der Waals surface area contributed by atoms with Crippen molar-refractivity contribution in [1.82, 2.24) is 9.97 Å². The maximum atomic E-state index is 10.6. The molecule has 1 aromatic carbocycles. The standard InChI is InChI=1S/C12H11ClN2O/c13-12-4-1-9(7-16)5-10(12)2-3-11-6-14-8-15-11/h1,4-8H,2-3H2,(H,14,15). The first-order chi connectivity index (χ1) is 7.79. The van der Waals surface area contributed by atoms with Crippen LogP contribution in [0.25, 0.3) is 0 Å². The van der Waals surface area contributed by atoms with Gasteiger partial charge in [-0.1, -0.05) is 17.7 Å². The second kappa shape index (κ2) is 4.94. The highest BCUT2D eigenvalue weighted by atomic mass is 35.5. The van der Waals surface area contributed by atoms with Gasteiger partial charge in [-0.2, -0.15) is 0 Å². The summed E-state index contributed by atoms with van der Waals surface area (Å²) in [6.07, 6.45) is 5.93. The second-order valence-corrected chi connectivity index (χ2v) is 3.94. The van der Waals surface area contributed by atoms with Gasteiger partial charge >= 0.3 is 0 Å². The minimum atomic E-state index is 0.654. The molecule has 1 N–H and O–H groups in total. The molecule has 0 bridgehead atoms. The quantitative estimate of drug-likeness (QED) is 0.827. The largest absolute Gasteiger partial charge is 0.351 e. The minimum absolute atomic E-state index is 0.654. The highest BCUT2D eigenvalue weighted by molar-refractivity contribution is 6.31. The molecule has 3 nitrogen and oxygen atoms in total. The summed E-state index contributed by atoms with van der Waals surface area (Å²) in [6.45, 7) is 0. The number of benzene rings is 1. The minimum Gasteiger partial charge on any atom is -0.351 e. The second-order valence-electron chi connectivity index (χ2n) is 3.53. The number of hydrogen-bond acceptors (Lipinski definition) is 2. The number of imidazole rings is 1. The van der Waals surface area contributed by atoms with E-state index in [1.165, 1.54) is 0 Å². The van der Waals surface area contributed by atoms with Crippen molar-refractivity contribution in [1.29, 1.82) is 0 Å². The highest BCUT2D eigenvalue weighted by Crippen LogP contribution is 2.18. The molecule has 82 valence electrons. The van der Waals surface area contributed by atoms with Gasteiger partial charge in [0.25, 0.3) is 0 Å². The predicted molar refractivity (Wildman–Crippen MR) is 62.8 cm³/mol. The number of aromatic nitrogens is 2. The normalized spacial score (nSPS) is 10.3. The Bertz CT molecular complexity index is 480. The lowest BCUT2D eigenvalue weighted by molar-refractivity contribution is 0.112. The molecule has 0 saturated heterocycles. The number of aromatic amines is 1. The van der Waals surface area contributed by atoms with Crippen molar-refractivity contribution in [3.63, 3.8) is 0 Å². The molecule has 16 heavy (non-hydrogen) atoms. The summed E-state index contributed by atoms with van der Waals surface area (Å²) >= 11 is 6.05. The van der Waals surface area contributed by atoms with Gasteiger partial charge in [0.15, 0.2) is 0 Å². The summed E-state index contributed by atoms with van der Waals surface area (Å²) < 4.78 is 0. The number of nitrogens with zero attached hydrogens (tertiary/aromatic N) is 1. The number of carbonyl (C=O) groups is 1. The Hall–Kier alpha value is -1.61. The van der Waals surface area contributed by atoms with E-state index in [1.54, 1.807) is 18.5 Å². The summed E-state index contributed by atoms with van der Waals surface area (Å²) in [5, 5.41) is 0.695.